The second kappa shape index (κ2) is 4.90. The zero-order chi connectivity index (χ0) is 12.3. The number of rotatable bonds is 2. The molecule has 0 saturated heterocycles. The van der Waals surface area contributed by atoms with E-state index in [1.165, 1.54) is 0 Å². The summed E-state index contributed by atoms with van der Waals surface area (Å²) < 4.78 is 5.71. The molecule has 17 heavy (non-hydrogen) atoms. The molecule has 0 atom stereocenters. The number of para-hydroxylation sites is 1. The van der Waals surface area contributed by atoms with Crippen LogP contribution >= 0.6 is 11.6 Å². The van der Waals surface area contributed by atoms with Crippen molar-refractivity contribution < 1.29 is 4.74 Å². The number of hydrogen-bond acceptors (Lipinski definition) is 2. The molecule has 0 amide bonds. The molecule has 2 nitrogen and oxygen atoms in total. The Morgan fingerprint density at radius 3 is 2.65 bits per heavy atom. The lowest BCUT2D eigenvalue weighted by molar-refractivity contribution is 0.477. The van der Waals surface area contributed by atoms with E-state index in [0.717, 1.165) is 5.56 Å². The Labute approximate surface area is 105 Å². The van der Waals surface area contributed by atoms with Crippen LogP contribution in [0.5, 0.6) is 11.5 Å². The molecule has 0 aliphatic carbocycles. The number of hydrogen-bond donors (Lipinski definition) is 0. The van der Waals surface area contributed by atoms with Crippen LogP contribution in [0.1, 0.15) is 11.1 Å². The van der Waals surface area contributed by atoms with E-state index in [2.05, 4.69) is 6.07 Å². The Morgan fingerprint density at radius 2 is 1.88 bits per heavy atom. The van der Waals surface area contributed by atoms with E-state index >= 15 is 0 Å². The van der Waals surface area contributed by atoms with E-state index in [1.807, 2.05) is 19.1 Å². The molecule has 0 heterocycles. The molecule has 0 bridgehead atoms. The van der Waals surface area contributed by atoms with Crippen molar-refractivity contribution in [3.8, 4) is 17.6 Å². The summed E-state index contributed by atoms with van der Waals surface area (Å²) >= 11 is 5.91. The third-order valence-corrected chi connectivity index (χ3v) is 2.61. The van der Waals surface area contributed by atoms with Crippen LogP contribution in [0.15, 0.2) is 42.5 Å². The average molecular weight is 244 g/mol. The maximum absolute atomic E-state index is 8.96. The summed E-state index contributed by atoms with van der Waals surface area (Å²) in [6.07, 6.45) is 0. The summed E-state index contributed by atoms with van der Waals surface area (Å²) in [7, 11) is 0. The van der Waals surface area contributed by atoms with Crippen molar-refractivity contribution in [1.29, 1.82) is 5.26 Å². The summed E-state index contributed by atoms with van der Waals surface area (Å²) in [5, 5.41) is 9.58. The molecular weight excluding hydrogens is 234 g/mol. The quantitative estimate of drug-likeness (QED) is 0.787. The Balaban J connectivity index is 2.38. The van der Waals surface area contributed by atoms with Gasteiger partial charge in [-0.05, 0) is 36.8 Å². The van der Waals surface area contributed by atoms with Gasteiger partial charge < -0.3 is 4.74 Å². The van der Waals surface area contributed by atoms with E-state index < -0.39 is 0 Å². The van der Waals surface area contributed by atoms with Gasteiger partial charge in [0.2, 0.25) is 0 Å². The average Bonchev–Trinajstić information content (AvgIpc) is 2.34. The van der Waals surface area contributed by atoms with Crippen LogP contribution in [-0.4, -0.2) is 0 Å². The van der Waals surface area contributed by atoms with Gasteiger partial charge in [0.25, 0.3) is 0 Å². The maximum atomic E-state index is 8.96. The fourth-order valence-corrected chi connectivity index (χ4v) is 1.61. The van der Waals surface area contributed by atoms with Crippen molar-refractivity contribution in [2.24, 2.45) is 0 Å². The van der Waals surface area contributed by atoms with Gasteiger partial charge in [0, 0.05) is 5.02 Å². The number of halogens is 1. The summed E-state index contributed by atoms with van der Waals surface area (Å²) in [6.45, 7) is 1.93. The van der Waals surface area contributed by atoms with Gasteiger partial charge in [0.15, 0.2) is 0 Å². The van der Waals surface area contributed by atoms with Crippen LogP contribution in [-0.2, 0) is 0 Å². The first-order chi connectivity index (χ1) is 8.20. The van der Waals surface area contributed by atoms with Gasteiger partial charge in [-0.3, -0.25) is 0 Å². The minimum absolute atomic E-state index is 0.506. The molecule has 0 unspecified atom stereocenters. The largest absolute Gasteiger partial charge is 0.456 e. The minimum atomic E-state index is 0.506. The van der Waals surface area contributed by atoms with Crippen molar-refractivity contribution in [3.63, 3.8) is 0 Å². The van der Waals surface area contributed by atoms with Gasteiger partial charge in [0.1, 0.15) is 17.6 Å². The zero-order valence-electron chi connectivity index (χ0n) is 9.27. The zero-order valence-corrected chi connectivity index (χ0v) is 10.0. The molecule has 0 radical (unpaired) electrons. The van der Waals surface area contributed by atoms with Crippen molar-refractivity contribution in [2.45, 2.75) is 6.92 Å². The highest BCUT2D eigenvalue weighted by Gasteiger charge is 2.06. The smallest absolute Gasteiger partial charge is 0.145 e. The molecule has 0 N–H and O–H groups in total. The summed E-state index contributed by atoms with van der Waals surface area (Å²) in [5.74, 6) is 1.21. The fraction of sp³-hybridized carbons (Fsp3) is 0.0714. The molecule has 0 fully saturated rings. The third kappa shape index (κ3) is 2.58. The van der Waals surface area contributed by atoms with Crippen molar-refractivity contribution in [1.82, 2.24) is 0 Å². The second-order valence-corrected chi connectivity index (χ2v) is 4.06. The molecular formula is C14H10ClNO. The lowest BCUT2D eigenvalue weighted by atomic mass is 10.2. The van der Waals surface area contributed by atoms with Crippen LogP contribution in [0.4, 0.5) is 0 Å². The number of benzene rings is 2. The predicted molar refractivity (Wildman–Crippen MR) is 67.4 cm³/mol. The monoisotopic (exact) mass is 243 g/mol. The van der Waals surface area contributed by atoms with Crippen LogP contribution < -0.4 is 4.74 Å². The van der Waals surface area contributed by atoms with Crippen molar-refractivity contribution in [3.05, 3.63) is 58.6 Å². The Morgan fingerprint density at radius 1 is 1.12 bits per heavy atom. The number of nitrogens with zero attached hydrogens (tertiary/aromatic N) is 1. The molecule has 0 saturated carbocycles. The first kappa shape index (κ1) is 11.5. The van der Waals surface area contributed by atoms with Gasteiger partial charge in [-0.25, -0.2) is 0 Å². The first-order valence-corrected chi connectivity index (χ1v) is 5.51. The summed E-state index contributed by atoms with van der Waals surface area (Å²) in [5.41, 5.74) is 1.48. The minimum Gasteiger partial charge on any atom is -0.456 e. The summed E-state index contributed by atoms with van der Waals surface area (Å²) in [6, 6.07) is 14.6. The molecule has 0 aliphatic rings. The number of ether oxygens (including phenoxy) is 1. The lowest BCUT2D eigenvalue weighted by Gasteiger charge is -2.09. The van der Waals surface area contributed by atoms with Crippen LogP contribution in [0.3, 0.4) is 0 Å². The highest BCUT2D eigenvalue weighted by atomic mass is 35.5. The highest BCUT2D eigenvalue weighted by Crippen LogP contribution is 2.29. The third-order valence-electron chi connectivity index (χ3n) is 2.38. The second-order valence-electron chi connectivity index (χ2n) is 3.62. The molecule has 0 spiro atoms. The lowest BCUT2D eigenvalue weighted by Crippen LogP contribution is -1.90. The van der Waals surface area contributed by atoms with Gasteiger partial charge in [-0.15, -0.1) is 0 Å². The topological polar surface area (TPSA) is 33.0 Å². The summed E-state index contributed by atoms with van der Waals surface area (Å²) in [4.78, 5) is 0. The van der Waals surface area contributed by atoms with E-state index in [-0.39, 0.29) is 0 Å². The van der Waals surface area contributed by atoms with Gasteiger partial charge in [0.05, 0.1) is 5.56 Å². The van der Waals surface area contributed by atoms with Gasteiger partial charge in [-0.2, -0.15) is 5.26 Å². The molecule has 3 heteroatoms. The van der Waals surface area contributed by atoms with E-state index in [4.69, 9.17) is 21.6 Å². The van der Waals surface area contributed by atoms with Gasteiger partial charge in [-0.1, -0.05) is 29.8 Å². The first-order valence-electron chi connectivity index (χ1n) is 5.14. The Bertz CT molecular complexity index is 587. The van der Waals surface area contributed by atoms with E-state index in [1.54, 1.807) is 30.3 Å². The van der Waals surface area contributed by atoms with Crippen molar-refractivity contribution >= 4 is 11.6 Å². The van der Waals surface area contributed by atoms with Gasteiger partial charge >= 0.3 is 0 Å². The normalized spacial score (nSPS) is 9.71. The number of aryl methyl sites for hydroxylation is 1. The molecule has 84 valence electrons. The number of nitriles is 1. The Kier molecular flexibility index (Phi) is 3.32. The van der Waals surface area contributed by atoms with Crippen LogP contribution in [0.25, 0.3) is 0 Å². The predicted octanol–water partition coefficient (Wildman–Crippen LogP) is 4.31. The van der Waals surface area contributed by atoms with Crippen LogP contribution in [0, 0.1) is 18.3 Å². The molecule has 0 aliphatic heterocycles. The van der Waals surface area contributed by atoms with Crippen LogP contribution in [0.2, 0.25) is 5.02 Å². The molecule has 2 aromatic carbocycles. The highest BCUT2D eigenvalue weighted by molar-refractivity contribution is 6.30. The van der Waals surface area contributed by atoms with E-state index in [0.29, 0.717) is 22.1 Å². The molecule has 2 aromatic rings. The standard InChI is InChI=1S/C14H10ClNO/c1-10-6-7-12(15)8-14(10)17-13-5-3-2-4-11(13)9-16/h2-8H,1H3. The molecule has 2 rings (SSSR count). The van der Waals surface area contributed by atoms with Crippen molar-refractivity contribution in [2.75, 3.05) is 0 Å². The fourth-order valence-electron chi connectivity index (χ4n) is 1.45. The van der Waals surface area contributed by atoms with E-state index in [9.17, 15) is 0 Å². The SMILES string of the molecule is Cc1ccc(Cl)cc1Oc1ccccc1C#N. The maximum Gasteiger partial charge on any atom is 0.145 e. The molecule has 0 aromatic heterocycles. The Hall–Kier alpha value is -1.98.